The third-order valence-electron chi connectivity index (χ3n) is 3.13. The number of hydrogen-bond donors (Lipinski definition) is 2. The van der Waals surface area contributed by atoms with Crippen LogP contribution in [0.1, 0.15) is 32.2 Å². The van der Waals surface area contributed by atoms with Crippen molar-refractivity contribution in [3.05, 3.63) is 34.6 Å². The third-order valence-corrected chi connectivity index (χ3v) is 4.31. The van der Waals surface area contributed by atoms with E-state index in [1.54, 1.807) is 18.2 Å². The fourth-order valence-electron chi connectivity index (χ4n) is 1.97. The third kappa shape index (κ3) is 4.39. The van der Waals surface area contributed by atoms with E-state index < -0.39 is 0 Å². The van der Waals surface area contributed by atoms with E-state index in [0.29, 0.717) is 16.0 Å². The number of hydrogen-bond acceptors (Lipinski definition) is 5. The van der Waals surface area contributed by atoms with Crippen LogP contribution in [0.5, 0.6) is 0 Å². The van der Waals surface area contributed by atoms with Crippen molar-refractivity contribution in [1.29, 1.82) is 0 Å². The Kier molecular flexibility index (Phi) is 5.21. The van der Waals surface area contributed by atoms with Gasteiger partial charge in [-0.1, -0.05) is 44.1 Å². The van der Waals surface area contributed by atoms with Gasteiger partial charge in [-0.15, -0.1) is 10.2 Å². The standard InChI is InChI=1S/C15H20ClN5OS/c1-9-7-10(16)5-6-11(9)18-12(22)8-23-14-20-19-13(21(14)17)15(2,3)4/h5-7H,8,17H2,1-4H3,(H,18,22). The minimum absolute atomic E-state index is 0.138. The highest BCUT2D eigenvalue weighted by Gasteiger charge is 2.23. The molecule has 1 heterocycles. The van der Waals surface area contributed by atoms with Crippen molar-refractivity contribution >= 4 is 35.0 Å². The van der Waals surface area contributed by atoms with Gasteiger partial charge in [-0.25, -0.2) is 4.68 Å². The van der Waals surface area contributed by atoms with Crippen molar-refractivity contribution in [3.8, 4) is 0 Å². The van der Waals surface area contributed by atoms with E-state index in [-0.39, 0.29) is 17.1 Å². The number of nitrogens with two attached hydrogens (primary N) is 1. The van der Waals surface area contributed by atoms with Gasteiger partial charge in [0.05, 0.1) is 5.75 Å². The van der Waals surface area contributed by atoms with Crippen molar-refractivity contribution in [2.24, 2.45) is 0 Å². The van der Waals surface area contributed by atoms with Crippen LogP contribution in [-0.4, -0.2) is 26.5 Å². The molecule has 23 heavy (non-hydrogen) atoms. The molecule has 1 amide bonds. The lowest BCUT2D eigenvalue weighted by atomic mass is 9.96. The first kappa shape index (κ1) is 17.6. The zero-order valence-corrected chi connectivity index (χ0v) is 15.1. The molecule has 0 saturated carbocycles. The Morgan fingerprint density at radius 1 is 1.39 bits per heavy atom. The summed E-state index contributed by atoms with van der Waals surface area (Å²) in [5, 5.41) is 12.1. The summed E-state index contributed by atoms with van der Waals surface area (Å²) in [5.41, 5.74) is 1.45. The van der Waals surface area contributed by atoms with Gasteiger partial charge in [0.2, 0.25) is 11.1 Å². The molecule has 0 unspecified atom stereocenters. The fraction of sp³-hybridized carbons (Fsp3) is 0.400. The Labute approximate surface area is 144 Å². The maximum Gasteiger partial charge on any atom is 0.234 e. The Morgan fingerprint density at radius 3 is 2.65 bits per heavy atom. The highest BCUT2D eigenvalue weighted by Crippen LogP contribution is 2.24. The zero-order chi connectivity index (χ0) is 17.2. The fourth-order valence-corrected chi connectivity index (χ4v) is 2.85. The molecular formula is C15H20ClN5OS. The van der Waals surface area contributed by atoms with Crippen molar-refractivity contribution in [2.75, 3.05) is 16.9 Å². The molecule has 1 aromatic heterocycles. The molecule has 2 rings (SSSR count). The quantitative estimate of drug-likeness (QED) is 0.652. The largest absolute Gasteiger partial charge is 0.336 e. The number of rotatable bonds is 4. The maximum atomic E-state index is 12.1. The summed E-state index contributed by atoms with van der Waals surface area (Å²) in [6.45, 7) is 7.90. The first-order chi connectivity index (χ1) is 10.7. The molecule has 0 bridgehead atoms. The molecule has 6 nitrogen and oxygen atoms in total. The van der Waals surface area contributed by atoms with Gasteiger partial charge < -0.3 is 11.2 Å². The summed E-state index contributed by atoms with van der Waals surface area (Å²) in [5.74, 6) is 6.73. The van der Waals surface area contributed by atoms with Crippen LogP contribution in [0.2, 0.25) is 5.02 Å². The van der Waals surface area contributed by atoms with Crippen molar-refractivity contribution in [1.82, 2.24) is 14.9 Å². The molecule has 0 fully saturated rings. The Hall–Kier alpha value is -1.73. The van der Waals surface area contributed by atoms with Crippen LogP contribution < -0.4 is 11.2 Å². The monoisotopic (exact) mass is 353 g/mol. The van der Waals surface area contributed by atoms with E-state index in [9.17, 15) is 4.79 Å². The summed E-state index contributed by atoms with van der Waals surface area (Å²) in [6, 6.07) is 5.32. The van der Waals surface area contributed by atoms with Crippen LogP contribution in [0.15, 0.2) is 23.4 Å². The second-order valence-corrected chi connectivity index (χ2v) is 7.60. The van der Waals surface area contributed by atoms with E-state index in [1.165, 1.54) is 16.4 Å². The Bertz CT molecular complexity index is 723. The van der Waals surface area contributed by atoms with E-state index in [1.807, 2.05) is 27.7 Å². The zero-order valence-electron chi connectivity index (χ0n) is 13.6. The molecular weight excluding hydrogens is 334 g/mol. The number of aromatic nitrogens is 3. The van der Waals surface area contributed by atoms with Crippen molar-refractivity contribution in [3.63, 3.8) is 0 Å². The summed E-state index contributed by atoms with van der Waals surface area (Å²) in [4.78, 5) is 12.1. The number of nitrogens with zero attached hydrogens (tertiary/aromatic N) is 3. The first-order valence-electron chi connectivity index (χ1n) is 7.08. The van der Waals surface area contributed by atoms with Crippen LogP contribution in [-0.2, 0) is 10.2 Å². The summed E-state index contributed by atoms with van der Waals surface area (Å²) in [7, 11) is 0. The number of thioether (sulfide) groups is 1. The van der Waals surface area contributed by atoms with Crippen LogP contribution >= 0.6 is 23.4 Å². The lowest BCUT2D eigenvalue weighted by Gasteiger charge is -2.16. The van der Waals surface area contributed by atoms with Gasteiger partial charge in [0, 0.05) is 16.1 Å². The van der Waals surface area contributed by atoms with Crippen LogP contribution in [0, 0.1) is 6.92 Å². The van der Waals surface area contributed by atoms with Gasteiger partial charge in [0.1, 0.15) is 0 Å². The molecule has 0 aliphatic heterocycles. The second kappa shape index (κ2) is 6.80. The van der Waals surface area contributed by atoms with Gasteiger partial charge in [0.25, 0.3) is 0 Å². The number of nitrogen functional groups attached to an aromatic ring is 1. The Morgan fingerprint density at radius 2 is 2.09 bits per heavy atom. The topological polar surface area (TPSA) is 85.8 Å². The number of carbonyl (C=O) groups is 1. The number of nitrogens with one attached hydrogen (secondary N) is 1. The molecule has 1 aromatic carbocycles. The molecule has 0 aliphatic rings. The summed E-state index contributed by atoms with van der Waals surface area (Å²) in [6.07, 6.45) is 0. The van der Waals surface area contributed by atoms with E-state index >= 15 is 0 Å². The van der Waals surface area contributed by atoms with Crippen LogP contribution in [0.3, 0.4) is 0 Å². The Balaban J connectivity index is 1.98. The second-order valence-electron chi connectivity index (χ2n) is 6.22. The number of anilines is 1. The van der Waals surface area contributed by atoms with Gasteiger partial charge in [-0.2, -0.15) is 0 Å². The van der Waals surface area contributed by atoms with Crippen LogP contribution in [0.4, 0.5) is 5.69 Å². The predicted molar refractivity (Wildman–Crippen MR) is 94.4 cm³/mol. The molecule has 0 atom stereocenters. The number of amides is 1. The van der Waals surface area contributed by atoms with Crippen molar-refractivity contribution in [2.45, 2.75) is 38.3 Å². The van der Waals surface area contributed by atoms with E-state index in [2.05, 4.69) is 15.5 Å². The van der Waals surface area contributed by atoms with E-state index in [4.69, 9.17) is 17.4 Å². The number of carbonyl (C=O) groups excluding carboxylic acids is 1. The molecule has 2 aromatic rings. The molecule has 3 N–H and O–H groups in total. The van der Waals surface area contributed by atoms with Gasteiger partial charge in [0.15, 0.2) is 5.82 Å². The SMILES string of the molecule is Cc1cc(Cl)ccc1NC(=O)CSc1nnc(C(C)(C)C)n1N. The summed E-state index contributed by atoms with van der Waals surface area (Å²) >= 11 is 7.15. The van der Waals surface area contributed by atoms with Crippen molar-refractivity contribution < 1.29 is 4.79 Å². The predicted octanol–water partition coefficient (Wildman–Crippen LogP) is 2.98. The van der Waals surface area contributed by atoms with Gasteiger partial charge in [-0.3, -0.25) is 4.79 Å². The highest BCUT2D eigenvalue weighted by molar-refractivity contribution is 7.99. The lowest BCUT2D eigenvalue weighted by molar-refractivity contribution is -0.113. The van der Waals surface area contributed by atoms with Crippen LogP contribution in [0.25, 0.3) is 0 Å². The highest BCUT2D eigenvalue weighted by atomic mass is 35.5. The number of halogens is 1. The molecule has 8 heteroatoms. The first-order valence-corrected chi connectivity index (χ1v) is 8.44. The van der Waals surface area contributed by atoms with Gasteiger partial charge in [-0.05, 0) is 30.7 Å². The lowest BCUT2D eigenvalue weighted by Crippen LogP contribution is -2.24. The maximum absolute atomic E-state index is 12.1. The molecule has 0 spiro atoms. The number of aryl methyl sites for hydroxylation is 1. The minimum atomic E-state index is -0.205. The summed E-state index contributed by atoms with van der Waals surface area (Å²) < 4.78 is 1.44. The average Bonchev–Trinajstić information content (AvgIpc) is 2.81. The normalized spacial score (nSPS) is 11.5. The smallest absolute Gasteiger partial charge is 0.234 e. The molecule has 0 radical (unpaired) electrons. The molecule has 0 saturated heterocycles. The van der Waals surface area contributed by atoms with Gasteiger partial charge >= 0.3 is 0 Å². The number of benzene rings is 1. The average molecular weight is 354 g/mol. The minimum Gasteiger partial charge on any atom is -0.336 e. The van der Waals surface area contributed by atoms with E-state index in [0.717, 1.165) is 11.3 Å². The molecule has 124 valence electrons. The molecule has 0 aliphatic carbocycles.